The molecule has 2 aromatic carbocycles. The van der Waals surface area contributed by atoms with Gasteiger partial charge in [0.15, 0.2) is 0 Å². The predicted octanol–water partition coefficient (Wildman–Crippen LogP) is 5.97. The predicted molar refractivity (Wildman–Crippen MR) is 129 cm³/mol. The number of hydrogen-bond donors (Lipinski definition) is 1. The summed E-state index contributed by atoms with van der Waals surface area (Å²) in [5, 5.41) is 11.1. The van der Waals surface area contributed by atoms with Crippen LogP contribution in [0.3, 0.4) is 0 Å². The van der Waals surface area contributed by atoms with Gasteiger partial charge in [-0.05, 0) is 54.8 Å². The summed E-state index contributed by atoms with van der Waals surface area (Å²) in [5.41, 5.74) is 1.82. The minimum absolute atomic E-state index is 0.157. The van der Waals surface area contributed by atoms with E-state index in [0.29, 0.717) is 41.5 Å². The first-order valence-corrected chi connectivity index (χ1v) is 11.8. The Morgan fingerprint density at radius 3 is 2.56 bits per heavy atom. The first kappa shape index (κ1) is 22.8. The van der Waals surface area contributed by atoms with Crippen LogP contribution in [-0.4, -0.2) is 39.5 Å². The number of rotatable bonds is 5. The Morgan fingerprint density at radius 1 is 1.09 bits per heavy atom. The molecule has 32 heavy (non-hydrogen) atoms. The molecule has 0 spiro atoms. The van der Waals surface area contributed by atoms with Crippen molar-refractivity contribution >= 4 is 63.8 Å². The second kappa shape index (κ2) is 9.61. The Kier molecular flexibility index (Phi) is 6.84. The van der Waals surface area contributed by atoms with E-state index in [1.807, 2.05) is 25.4 Å². The van der Waals surface area contributed by atoms with E-state index in [2.05, 4.69) is 28.8 Å². The van der Waals surface area contributed by atoms with Crippen molar-refractivity contribution in [3.63, 3.8) is 0 Å². The highest BCUT2D eigenvalue weighted by Gasteiger charge is 2.26. The fourth-order valence-corrected chi connectivity index (χ4v) is 5.29. The molecule has 5 nitrogen and oxygen atoms in total. The molecule has 0 unspecified atom stereocenters. The molecule has 0 radical (unpaired) electrons. The molecular weight excluding hydrogens is 467 g/mol. The molecule has 1 N–H and O–H groups in total. The summed E-state index contributed by atoms with van der Waals surface area (Å²) in [6.45, 7) is 0.881. The second-order valence-corrected chi connectivity index (χ2v) is 9.67. The van der Waals surface area contributed by atoms with E-state index < -0.39 is 5.97 Å². The van der Waals surface area contributed by atoms with Crippen LogP contribution in [0.5, 0.6) is 0 Å². The number of nitrogens with zero attached hydrogens (tertiary/aromatic N) is 2. The number of hydrogen-bond acceptors (Lipinski definition) is 3. The van der Waals surface area contributed by atoms with Gasteiger partial charge in [0.25, 0.3) is 0 Å². The lowest BCUT2D eigenvalue weighted by atomic mass is 9.97. The molecule has 0 bridgehead atoms. The van der Waals surface area contributed by atoms with Gasteiger partial charge in [-0.3, -0.25) is 9.59 Å². The molecule has 0 atom stereocenters. The van der Waals surface area contributed by atoms with Crippen molar-refractivity contribution in [3.8, 4) is 0 Å². The molecule has 1 aromatic heterocycles. The van der Waals surface area contributed by atoms with E-state index in [4.69, 9.17) is 28.3 Å². The van der Waals surface area contributed by atoms with Crippen molar-refractivity contribution in [2.24, 2.45) is 13.0 Å². The van der Waals surface area contributed by atoms with Gasteiger partial charge in [0.1, 0.15) is 0 Å². The Morgan fingerprint density at radius 2 is 1.84 bits per heavy atom. The van der Waals surface area contributed by atoms with Crippen LogP contribution in [-0.2, 0) is 16.6 Å². The van der Waals surface area contributed by atoms with E-state index in [9.17, 15) is 9.59 Å². The Labute approximate surface area is 200 Å². The Balaban J connectivity index is 1.45. The van der Waals surface area contributed by atoms with Crippen molar-refractivity contribution in [1.82, 2.24) is 9.47 Å². The summed E-state index contributed by atoms with van der Waals surface area (Å²) in [6.07, 6.45) is 6.10. The first-order valence-electron chi connectivity index (χ1n) is 10.2. The van der Waals surface area contributed by atoms with Crippen molar-refractivity contribution < 1.29 is 14.7 Å². The monoisotopic (exact) mass is 488 g/mol. The topological polar surface area (TPSA) is 62.5 Å². The molecule has 4 rings (SSSR count). The SMILES string of the molecule is Cn1ccc2cc(Sc3ccc(C=CC(=O)N4CCC(C(=O)O)CC4)c(Cl)c3Cl)ccc21. The van der Waals surface area contributed by atoms with Gasteiger partial charge in [-0.25, -0.2) is 0 Å². The smallest absolute Gasteiger partial charge is 0.306 e. The lowest BCUT2D eigenvalue weighted by molar-refractivity contribution is -0.144. The normalized spacial score (nSPS) is 15.0. The molecule has 1 aliphatic rings. The summed E-state index contributed by atoms with van der Waals surface area (Å²) in [5.74, 6) is -1.32. The van der Waals surface area contributed by atoms with Crippen LogP contribution in [0.25, 0.3) is 17.0 Å². The number of halogens is 2. The Hall–Kier alpha value is -2.41. The molecule has 1 fully saturated rings. The Bertz CT molecular complexity index is 1210. The lowest BCUT2D eigenvalue weighted by Crippen LogP contribution is -2.39. The van der Waals surface area contributed by atoms with Crippen molar-refractivity contribution in [2.45, 2.75) is 22.6 Å². The fourth-order valence-electron chi connectivity index (χ4n) is 3.82. The zero-order chi connectivity index (χ0) is 22.8. The highest BCUT2D eigenvalue weighted by atomic mass is 35.5. The summed E-state index contributed by atoms with van der Waals surface area (Å²) < 4.78 is 2.07. The molecule has 2 heterocycles. The number of carboxylic acid groups (broad SMARTS) is 1. The zero-order valence-corrected chi connectivity index (χ0v) is 19.8. The molecule has 0 saturated carbocycles. The van der Waals surface area contributed by atoms with Crippen LogP contribution in [0.1, 0.15) is 18.4 Å². The minimum atomic E-state index is -0.796. The third kappa shape index (κ3) is 4.82. The molecule has 1 saturated heterocycles. The summed E-state index contributed by atoms with van der Waals surface area (Å²) >= 11 is 14.6. The number of aliphatic carboxylic acids is 1. The zero-order valence-electron chi connectivity index (χ0n) is 17.4. The highest BCUT2D eigenvalue weighted by Crippen LogP contribution is 2.40. The summed E-state index contributed by atoms with van der Waals surface area (Å²) in [7, 11) is 2.01. The summed E-state index contributed by atoms with van der Waals surface area (Å²) in [4.78, 5) is 27.1. The highest BCUT2D eigenvalue weighted by molar-refractivity contribution is 7.99. The number of amides is 1. The van der Waals surface area contributed by atoms with Crippen LogP contribution in [0.2, 0.25) is 10.0 Å². The van der Waals surface area contributed by atoms with Gasteiger partial charge >= 0.3 is 5.97 Å². The quantitative estimate of drug-likeness (QED) is 0.449. The molecule has 8 heteroatoms. The van der Waals surface area contributed by atoms with Gasteiger partial charge in [-0.15, -0.1) is 0 Å². The van der Waals surface area contributed by atoms with Gasteiger partial charge in [0, 0.05) is 53.1 Å². The molecule has 166 valence electrons. The third-order valence-electron chi connectivity index (χ3n) is 5.72. The largest absolute Gasteiger partial charge is 0.481 e. The number of benzene rings is 2. The maximum Gasteiger partial charge on any atom is 0.306 e. The van der Waals surface area contributed by atoms with Crippen molar-refractivity contribution in [2.75, 3.05) is 13.1 Å². The summed E-state index contributed by atoms with van der Waals surface area (Å²) in [6, 6.07) is 12.1. The molecule has 1 amide bonds. The molecular formula is C24H22Cl2N2O3S. The molecule has 1 aliphatic heterocycles. The van der Waals surface area contributed by atoms with E-state index >= 15 is 0 Å². The van der Waals surface area contributed by atoms with E-state index in [-0.39, 0.29) is 11.8 Å². The maximum atomic E-state index is 12.5. The number of aromatic nitrogens is 1. The lowest BCUT2D eigenvalue weighted by Gasteiger charge is -2.29. The number of likely N-dealkylation sites (tertiary alicyclic amines) is 1. The van der Waals surface area contributed by atoms with Gasteiger partial charge in [-0.1, -0.05) is 41.0 Å². The number of carbonyl (C=O) groups is 2. The molecule has 3 aromatic rings. The number of piperidine rings is 1. The number of carbonyl (C=O) groups excluding carboxylic acids is 1. The van der Waals surface area contributed by atoms with E-state index in [0.717, 1.165) is 20.7 Å². The fraction of sp³-hybridized carbons (Fsp3) is 0.250. The number of aryl methyl sites for hydroxylation is 1. The van der Waals surface area contributed by atoms with E-state index in [1.165, 1.54) is 17.8 Å². The average Bonchev–Trinajstić information content (AvgIpc) is 3.16. The van der Waals surface area contributed by atoms with Crippen LogP contribution in [0, 0.1) is 5.92 Å². The van der Waals surface area contributed by atoms with Gasteiger partial charge < -0.3 is 14.6 Å². The number of fused-ring (bicyclic) bond motifs is 1. The standard InChI is InChI=1S/C24H22Cl2N2O3S/c1-27-11-8-17-14-18(4-5-19(17)27)32-20-6-2-15(22(25)23(20)26)3-7-21(29)28-12-9-16(10-13-28)24(30)31/h2-8,11,14,16H,9-10,12-13H2,1H3,(H,30,31). The van der Waals surface area contributed by atoms with Crippen LogP contribution in [0.15, 0.2) is 58.5 Å². The van der Waals surface area contributed by atoms with Gasteiger partial charge in [0.2, 0.25) is 5.91 Å². The van der Waals surface area contributed by atoms with Crippen LogP contribution in [0.4, 0.5) is 0 Å². The maximum absolute atomic E-state index is 12.5. The van der Waals surface area contributed by atoms with E-state index in [1.54, 1.807) is 11.0 Å². The van der Waals surface area contributed by atoms with Crippen molar-refractivity contribution in [1.29, 1.82) is 0 Å². The first-order chi connectivity index (χ1) is 15.3. The van der Waals surface area contributed by atoms with Crippen molar-refractivity contribution in [3.05, 3.63) is 64.3 Å². The second-order valence-electron chi connectivity index (χ2n) is 7.80. The average molecular weight is 489 g/mol. The third-order valence-corrected chi connectivity index (χ3v) is 7.78. The van der Waals surface area contributed by atoms with Crippen LogP contribution < -0.4 is 0 Å². The van der Waals surface area contributed by atoms with Gasteiger partial charge in [-0.2, -0.15) is 0 Å². The minimum Gasteiger partial charge on any atom is -0.481 e. The van der Waals surface area contributed by atoms with Crippen LogP contribution >= 0.6 is 35.0 Å². The number of carboxylic acids is 1. The molecule has 0 aliphatic carbocycles. The van der Waals surface area contributed by atoms with Gasteiger partial charge in [0.05, 0.1) is 16.0 Å².